The summed E-state index contributed by atoms with van der Waals surface area (Å²) < 4.78 is 11.2. The van der Waals surface area contributed by atoms with Gasteiger partial charge in [0.05, 0.1) is 13.1 Å². The van der Waals surface area contributed by atoms with Crippen LogP contribution in [0, 0.1) is 11.8 Å². The largest absolute Gasteiger partial charge is 0.385 e. The Morgan fingerprint density at radius 1 is 1.30 bits per heavy atom. The summed E-state index contributed by atoms with van der Waals surface area (Å²) in [6.45, 7) is 3.27. The average molecular weight is 281 g/mol. The monoisotopic (exact) mass is 281 g/mol. The lowest BCUT2D eigenvalue weighted by atomic mass is 9.78. The molecule has 1 saturated carbocycles. The normalized spacial score (nSPS) is 29.1. The van der Waals surface area contributed by atoms with E-state index in [2.05, 4.69) is 0 Å². The first-order chi connectivity index (χ1) is 9.73. The summed E-state index contributed by atoms with van der Waals surface area (Å²) in [4.78, 5) is 14.3. The number of likely N-dealkylation sites (tertiary alicyclic amines) is 1. The second kappa shape index (κ2) is 6.02. The van der Waals surface area contributed by atoms with E-state index in [-0.39, 0.29) is 5.60 Å². The highest BCUT2D eigenvalue weighted by Crippen LogP contribution is 2.42. The van der Waals surface area contributed by atoms with Crippen molar-refractivity contribution in [2.45, 2.75) is 50.5 Å². The number of hydrogen-bond acceptors (Lipinski definition) is 3. The molecule has 1 aliphatic carbocycles. The molecule has 2 heterocycles. The third kappa shape index (κ3) is 2.73. The van der Waals surface area contributed by atoms with Crippen molar-refractivity contribution in [3.8, 4) is 0 Å². The van der Waals surface area contributed by atoms with Crippen LogP contribution in [-0.4, -0.2) is 49.8 Å². The number of carbonyl (C=O) groups is 1. The fraction of sp³-hybridized carbons (Fsp3) is 0.938. The van der Waals surface area contributed by atoms with Crippen LogP contribution in [0.25, 0.3) is 0 Å². The summed E-state index contributed by atoms with van der Waals surface area (Å²) in [6, 6.07) is 0. The SMILES string of the molecule is COCCC1CCOC12CN(C(=O)CC1CCCC1)C2. The fourth-order valence-corrected chi connectivity index (χ4v) is 4.17. The number of hydrogen-bond donors (Lipinski definition) is 0. The molecule has 0 bridgehead atoms. The second-order valence-electron chi connectivity index (χ2n) is 6.78. The molecule has 2 aliphatic heterocycles. The Morgan fingerprint density at radius 2 is 2.05 bits per heavy atom. The Morgan fingerprint density at radius 3 is 2.75 bits per heavy atom. The summed E-state index contributed by atoms with van der Waals surface area (Å²) in [5, 5.41) is 0. The van der Waals surface area contributed by atoms with Crippen molar-refractivity contribution < 1.29 is 14.3 Å². The number of carbonyl (C=O) groups excluding carboxylic acids is 1. The van der Waals surface area contributed by atoms with E-state index >= 15 is 0 Å². The van der Waals surface area contributed by atoms with Crippen molar-refractivity contribution in [3.05, 3.63) is 0 Å². The van der Waals surface area contributed by atoms with Crippen LogP contribution in [0.5, 0.6) is 0 Å². The van der Waals surface area contributed by atoms with E-state index in [9.17, 15) is 4.79 Å². The van der Waals surface area contributed by atoms with Crippen LogP contribution < -0.4 is 0 Å². The zero-order chi connectivity index (χ0) is 14.0. The van der Waals surface area contributed by atoms with Crippen LogP contribution in [0.2, 0.25) is 0 Å². The van der Waals surface area contributed by atoms with Gasteiger partial charge in [-0.15, -0.1) is 0 Å². The molecule has 3 fully saturated rings. The third-order valence-corrected chi connectivity index (χ3v) is 5.48. The zero-order valence-corrected chi connectivity index (χ0v) is 12.6. The maximum absolute atomic E-state index is 12.3. The van der Waals surface area contributed by atoms with Gasteiger partial charge in [-0.3, -0.25) is 4.79 Å². The molecule has 0 aromatic heterocycles. The van der Waals surface area contributed by atoms with Gasteiger partial charge in [0.25, 0.3) is 0 Å². The first-order valence-corrected chi connectivity index (χ1v) is 8.14. The van der Waals surface area contributed by atoms with E-state index < -0.39 is 0 Å². The maximum Gasteiger partial charge on any atom is 0.223 e. The van der Waals surface area contributed by atoms with E-state index in [1.807, 2.05) is 4.90 Å². The lowest BCUT2D eigenvalue weighted by Gasteiger charge is -2.50. The van der Waals surface area contributed by atoms with Gasteiger partial charge in [-0.05, 0) is 37.5 Å². The van der Waals surface area contributed by atoms with E-state index in [1.54, 1.807) is 7.11 Å². The first kappa shape index (κ1) is 14.3. The van der Waals surface area contributed by atoms with Crippen molar-refractivity contribution in [1.82, 2.24) is 4.90 Å². The van der Waals surface area contributed by atoms with Gasteiger partial charge in [0.1, 0.15) is 5.60 Å². The molecular formula is C16H27NO3. The molecule has 0 N–H and O–H groups in total. The topological polar surface area (TPSA) is 38.8 Å². The summed E-state index contributed by atoms with van der Waals surface area (Å²) in [7, 11) is 1.75. The van der Waals surface area contributed by atoms with Crippen LogP contribution in [0.1, 0.15) is 44.9 Å². The Kier molecular flexibility index (Phi) is 4.32. The van der Waals surface area contributed by atoms with Crippen molar-refractivity contribution in [1.29, 1.82) is 0 Å². The Balaban J connectivity index is 1.47. The summed E-state index contributed by atoms with van der Waals surface area (Å²) in [5.74, 6) is 1.56. The molecule has 114 valence electrons. The number of amides is 1. The van der Waals surface area contributed by atoms with Crippen molar-refractivity contribution >= 4 is 5.91 Å². The lowest BCUT2D eigenvalue weighted by Crippen LogP contribution is -2.66. The van der Waals surface area contributed by atoms with E-state index in [0.29, 0.717) is 17.7 Å². The molecule has 1 amide bonds. The predicted octanol–water partition coefficient (Wildman–Crippen LogP) is 2.22. The standard InChI is InChI=1S/C16H27NO3/c1-19-8-6-14-7-9-20-16(14)11-17(12-16)15(18)10-13-4-2-3-5-13/h13-14H,2-12H2,1H3. The van der Waals surface area contributed by atoms with Gasteiger partial charge in [-0.25, -0.2) is 0 Å². The quantitative estimate of drug-likeness (QED) is 0.775. The van der Waals surface area contributed by atoms with Crippen LogP contribution in [0.15, 0.2) is 0 Å². The van der Waals surface area contributed by atoms with E-state index in [1.165, 1.54) is 25.7 Å². The smallest absolute Gasteiger partial charge is 0.223 e. The number of ether oxygens (including phenoxy) is 2. The lowest BCUT2D eigenvalue weighted by molar-refractivity contribution is -0.166. The molecule has 3 rings (SSSR count). The molecule has 1 atom stereocenters. The van der Waals surface area contributed by atoms with Gasteiger partial charge in [-0.2, -0.15) is 0 Å². The van der Waals surface area contributed by atoms with Crippen molar-refractivity contribution in [2.75, 3.05) is 33.4 Å². The van der Waals surface area contributed by atoms with E-state index in [0.717, 1.165) is 45.6 Å². The zero-order valence-electron chi connectivity index (χ0n) is 12.6. The Hall–Kier alpha value is -0.610. The highest BCUT2D eigenvalue weighted by atomic mass is 16.5. The average Bonchev–Trinajstić information content (AvgIpc) is 3.02. The van der Waals surface area contributed by atoms with E-state index in [4.69, 9.17) is 9.47 Å². The maximum atomic E-state index is 12.3. The molecule has 2 saturated heterocycles. The summed E-state index contributed by atoms with van der Waals surface area (Å²) in [6.07, 6.45) is 8.05. The third-order valence-electron chi connectivity index (χ3n) is 5.48. The number of nitrogens with zero attached hydrogens (tertiary/aromatic N) is 1. The molecule has 0 radical (unpaired) electrons. The summed E-state index contributed by atoms with van der Waals surface area (Å²) >= 11 is 0. The molecule has 4 heteroatoms. The minimum atomic E-state index is -0.0378. The molecule has 20 heavy (non-hydrogen) atoms. The van der Waals surface area contributed by atoms with Gasteiger partial charge in [0.15, 0.2) is 0 Å². The van der Waals surface area contributed by atoms with Gasteiger partial charge < -0.3 is 14.4 Å². The molecule has 4 nitrogen and oxygen atoms in total. The van der Waals surface area contributed by atoms with Crippen molar-refractivity contribution in [2.24, 2.45) is 11.8 Å². The van der Waals surface area contributed by atoms with Crippen LogP contribution in [-0.2, 0) is 14.3 Å². The number of rotatable bonds is 5. The second-order valence-corrected chi connectivity index (χ2v) is 6.78. The molecule has 0 aromatic carbocycles. The first-order valence-electron chi connectivity index (χ1n) is 8.14. The molecule has 1 spiro atoms. The molecular weight excluding hydrogens is 254 g/mol. The molecule has 0 aromatic rings. The minimum absolute atomic E-state index is 0.0378. The fourth-order valence-electron chi connectivity index (χ4n) is 4.17. The van der Waals surface area contributed by atoms with Crippen molar-refractivity contribution in [3.63, 3.8) is 0 Å². The van der Waals surface area contributed by atoms with Crippen LogP contribution >= 0.6 is 0 Å². The Labute approximate surface area is 121 Å². The molecule has 1 unspecified atom stereocenters. The molecule has 3 aliphatic rings. The predicted molar refractivity (Wildman–Crippen MR) is 76.4 cm³/mol. The number of methoxy groups -OCH3 is 1. The van der Waals surface area contributed by atoms with Gasteiger partial charge in [-0.1, -0.05) is 12.8 Å². The highest BCUT2D eigenvalue weighted by Gasteiger charge is 2.54. The highest BCUT2D eigenvalue weighted by molar-refractivity contribution is 5.77. The van der Waals surface area contributed by atoms with Gasteiger partial charge >= 0.3 is 0 Å². The van der Waals surface area contributed by atoms with Crippen LogP contribution in [0.3, 0.4) is 0 Å². The summed E-state index contributed by atoms with van der Waals surface area (Å²) in [5.41, 5.74) is -0.0378. The van der Waals surface area contributed by atoms with Crippen LogP contribution in [0.4, 0.5) is 0 Å². The van der Waals surface area contributed by atoms with Gasteiger partial charge in [0, 0.05) is 26.7 Å². The van der Waals surface area contributed by atoms with Gasteiger partial charge in [0.2, 0.25) is 5.91 Å². The minimum Gasteiger partial charge on any atom is -0.385 e. The Bertz CT molecular complexity index is 346.